The molecule has 124 valence electrons. The molecule has 0 saturated heterocycles. The van der Waals surface area contributed by atoms with Gasteiger partial charge in [0, 0.05) is 0 Å². The van der Waals surface area contributed by atoms with Gasteiger partial charge in [0.15, 0.2) is 6.04 Å². The molecule has 22 heavy (non-hydrogen) atoms. The second kappa shape index (κ2) is 9.62. The third kappa shape index (κ3) is 10.5. The molecular formula is C15H24N2O5. The van der Waals surface area contributed by atoms with Crippen LogP contribution in [0, 0.1) is 0 Å². The number of hydrogen-bond donors (Lipinski definition) is 3. The van der Waals surface area contributed by atoms with Gasteiger partial charge in [0.2, 0.25) is 0 Å². The van der Waals surface area contributed by atoms with E-state index in [0.29, 0.717) is 5.57 Å². The van der Waals surface area contributed by atoms with Gasteiger partial charge in [0.1, 0.15) is 5.60 Å². The Kier molecular flexibility index (Phi) is 8.62. The minimum atomic E-state index is -1.21. The van der Waals surface area contributed by atoms with Crippen LogP contribution < -0.4 is 11.1 Å². The first-order valence-corrected chi connectivity index (χ1v) is 6.68. The fourth-order valence-electron chi connectivity index (χ4n) is 1.24. The number of nitrogens with one attached hydrogen (secondary N) is 1. The molecule has 0 radical (unpaired) electrons. The van der Waals surface area contributed by atoms with Crippen molar-refractivity contribution in [1.29, 1.82) is 0 Å². The Balaban J connectivity index is 4.29. The van der Waals surface area contributed by atoms with E-state index in [1.165, 1.54) is 6.20 Å². The molecule has 0 rings (SSSR count). The molecule has 0 aromatic rings. The molecule has 4 N–H and O–H groups in total. The van der Waals surface area contributed by atoms with Crippen LogP contribution in [0.15, 0.2) is 36.6 Å². The number of nitrogens with two attached hydrogens (primary N) is 1. The number of hydrogen-bond acceptors (Lipinski definition) is 5. The normalized spacial score (nSPS) is 13.2. The third-order valence-corrected chi connectivity index (χ3v) is 2.12. The molecule has 7 nitrogen and oxygen atoms in total. The van der Waals surface area contributed by atoms with Crippen molar-refractivity contribution in [2.75, 3.05) is 13.2 Å². The van der Waals surface area contributed by atoms with Crippen molar-refractivity contribution in [3.8, 4) is 0 Å². The number of alkyl carbamates (subject to hydrolysis) is 1. The number of carbonyl (C=O) groups is 2. The third-order valence-electron chi connectivity index (χ3n) is 2.12. The molecule has 0 aliphatic carbocycles. The maximum atomic E-state index is 11.5. The van der Waals surface area contributed by atoms with Gasteiger partial charge in [-0.05, 0) is 38.6 Å². The summed E-state index contributed by atoms with van der Waals surface area (Å²) in [6.45, 7) is 8.72. The zero-order chi connectivity index (χ0) is 17.2. The van der Waals surface area contributed by atoms with Crippen LogP contribution in [0.3, 0.4) is 0 Å². The van der Waals surface area contributed by atoms with E-state index >= 15 is 0 Å². The highest BCUT2D eigenvalue weighted by Gasteiger charge is 2.24. The van der Waals surface area contributed by atoms with Crippen LogP contribution in [-0.2, 0) is 14.3 Å². The zero-order valence-electron chi connectivity index (χ0n) is 13.2. The number of aliphatic carboxylic acids is 1. The summed E-state index contributed by atoms with van der Waals surface area (Å²) < 4.78 is 10.2. The fourth-order valence-corrected chi connectivity index (χ4v) is 1.24. The van der Waals surface area contributed by atoms with Gasteiger partial charge < -0.3 is 25.6 Å². The van der Waals surface area contributed by atoms with E-state index in [0.717, 1.165) is 0 Å². The van der Waals surface area contributed by atoms with Crippen LogP contribution >= 0.6 is 0 Å². The quantitative estimate of drug-likeness (QED) is 0.587. The first-order valence-electron chi connectivity index (χ1n) is 6.68. The van der Waals surface area contributed by atoms with Gasteiger partial charge in [-0.15, -0.1) is 0 Å². The molecule has 0 spiro atoms. The van der Waals surface area contributed by atoms with Crippen molar-refractivity contribution >= 4 is 12.1 Å². The molecule has 0 bridgehead atoms. The summed E-state index contributed by atoms with van der Waals surface area (Å²) in [6.07, 6.45) is 5.54. The Morgan fingerprint density at radius 3 is 2.50 bits per heavy atom. The van der Waals surface area contributed by atoms with Gasteiger partial charge in [-0.2, -0.15) is 0 Å². The van der Waals surface area contributed by atoms with E-state index in [1.54, 1.807) is 39.0 Å². The van der Waals surface area contributed by atoms with Crippen molar-refractivity contribution in [3.63, 3.8) is 0 Å². The molecule has 0 heterocycles. The van der Waals surface area contributed by atoms with E-state index < -0.39 is 23.7 Å². The lowest BCUT2D eigenvalue weighted by Gasteiger charge is -2.22. The predicted molar refractivity (Wildman–Crippen MR) is 83.2 cm³/mol. The monoisotopic (exact) mass is 312 g/mol. The molecule has 0 fully saturated rings. The first kappa shape index (κ1) is 19.7. The van der Waals surface area contributed by atoms with E-state index in [4.69, 9.17) is 20.3 Å². The Bertz CT molecular complexity index is 449. The Labute approximate surface area is 130 Å². The Morgan fingerprint density at radius 2 is 2.00 bits per heavy atom. The molecule has 0 aliphatic rings. The van der Waals surface area contributed by atoms with Crippen LogP contribution in [0.4, 0.5) is 4.79 Å². The van der Waals surface area contributed by atoms with Crippen LogP contribution in [-0.4, -0.2) is 42.0 Å². The average molecular weight is 312 g/mol. The minimum Gasteiger partial charge on any atom is -0.480 e. The molecule has 0 aromatic carbocycles. The summed E-state index contributed by atoms with van der Waals surface area (Å²) in [4.78, 5) is 22.6. The standard InChI is InChI=1S/C15H24N2O5/c1-11(7-5-6-8-16)9-21-10-12(13(18)19)17-14(20)22-15(2,3)4/h5-8,12H,1,9-10,16H2,2-4H3,(H,17,20)(H,18,19)/b7-5-,8-6-/t12-/m1/s1. The first-order chi connectivity index (χ1) is 10.2. The van der Waals surface area contributed by atoms with Crippen molar-refractivity contribution in [1.82, 2.24) is 5.32 Å². The van der Waals surface area contributed by atoms with Crippen molar-refractivity contribution < 1.29 is 24.2 Å². The summed E-state index contributed by atoms with van der Waals surface area (Å²) in [5.41, 5.74) is 5.10. The Morgan fingerprint density at radius 1 is 1.36 bits per heavy atom. The smallest absolute Gasteiger partial charge is 0.408 e. The fraction of sp³-hybridized carbons (Fsp3) is 0.467. The number of ether oxygens (including phenoxy) is 2. The molecular weight excluding hydrogens is 288 g/mol. The van der Waals surface area contributed by atoms with Gasteiger partial charge in [-0.25, -0.2) is 9.59 Å². The maximum Gasteiger partial charge on any atom is 0.408 e. The summed E-state index contributed by atoms with van der Waals surface area (Å²) in [5, 5.41) is 11.3. The van der Waals surface area contributed by atoms with Crippen molar-refractivity contribution in [3.05, 3.63) is 36.6 Å². The highest BCUT2D eigenvalue weighted by molar-refractivity contribution is 5.80. The lowest BCUT2D eigenvalue weighted by molar-refractivity contribution is -0.141. The van der Waals surface area contributed by atoms with Gasteiger partial charge >= 0.3 is 12.1 Å². The van der Waals surface area contributed by atoms with E-state index in [9.17, 15) is 9.59 Å². The highest BCUT2D eigenvalue weighted by Crippen LogP contribution is 2.07. The lowest BCUT2D eigenvalue weighted by atomic mass is 10.2. The number of amides is 1. The molecule has 1 amide bonds. The van der Waals surface area contributed by atoms with Crippen molar-refractivity contribution in [2.45, 2.75) is 32.4 Å². The lowest BCUT2D eigenvalue weighted by Crippen LogP contribution is -2.46. The summed E-state index contributed by atoms with van der Waals surface area (Å²) >= 11 is 0. The van der Waals surface area contributed by atoms with Crippen LogP contribution in [0.1, 0.15) is 20.8 Å². The van der Waals surface area contributed by atoms with Crippen LogP contribution in [0.2, 0.25) is 0 Å². The number of allylic oxidation sites excluding steroid dienone is 2. The topological polar surface area (TPSA) is 111 Å². The van der Waals surface area contributed by atoms with Crippen LogP contribution in [0.25, 0.3) is 0 Å². The average Bonchev–Trinajstić information content (AvgIpc) is 2.35. The number of carbonyl (C=O) groups excluding carboxylic acids is 1. The maximum absolute atomic E-state index is 11.5. The van der Waals surface area contributed by atoms with Gasteiger partial charge in [0.25, 0.3) is 0 Å². The van der Waals surface area contributed by atoms with Crippen LogP contribution in [0.5, 0.6) is 0 Å². The molecule has 0 aliphatic heterocycles. The largest absolute Gasteiger partial charge is 0.480 e. The number of carboxylic acids is 1. The number of carboxylic acid groups (broad SMARTS) is 1. The van der Waals surface area contributed by atoms with E-state index in [1.807, 2.05) is 0 Å². The molecule has 7 heteroatoms. The Hall–Kier alpha value is -2.28. The minimum absolute atomic E-state index is 0.134. The number of rotatable bonds is 8. The van der Waals surface area contributed by atoms with E-state index in [-0.39, 0.29) is 13.2 Å². The summed E-state index contributed by atoms with van der Waals surface area (Å²) in [6, 6.07) is -1.20. The second-order valence-electron chi connectivity index (χ2n) is 5.45. The van der Waals surface area contributed by atoms with E-state index in [2.05, 4.69) is 11.9 Å². The summed E-state index contributed by atoms with van der Waals surface area (Å²) in [7, 11) is 0. The molecule has 0 unspecified atom stereocenters. The van der Waals surface area contributed by atoms with Gasteiger partial charge in [-0.1, -0.05) is 18.7 Å². The SMILES string of the molecule is C=C(/C=C\C=C/N)COC[C@@H](NC(=O)OC(C)(C)C)C(=O)O. The van der Waals surface area contributed by atoms with Crippen molar-refractivity contribution in [2.24, 2.45) is 5.73 Å². The molecule has 0 saturated carbocycles. The van der Waals surface area contributed by atoms with Gasteiger partial charge in [-0.3, -0.25) is 0 Å². The molecule has 1 atom stereocenters. The second-order valence-corrected chi connectivity index (χ2v) is 5.45. The predicted octanol–water partition coefficient (Wildman–Crippen LogP) is 1.57. The highest BCUT2D eigenvalue weighted by atomic mass is 16.6. The summed E-state index contributed by atoms with van der Waals surface area (Å²) in [5.74, 6) is -1.21. The zero-order valence-corrected chi connectivity index (χ0v) is 13.2. The van der Waals surface area contributed by atoms with Gasteiger partial charge in [0.05, 0.1) is 13.2 Å². The molecule has 0 aromatic heterocycles.